The Kier molecular flexibility index (Phi) is 7.86. The zero-order chi connectivity index (χ0) is 28.4. The SMILES string of the molecule is O=C(C1=CCC2(c3ccc(CCCOc4c(F)ccc(F)c4F)cc3)CNCC1N2)N(Cc1ccccc1)C1CC1. The molecule has 1 amide bonds. The van der Waals surface area contributed by atoms with Gasteiger partial charge in [0, 0.05) is 31.2 Å². The predicted molar refractivity (Wildman–Crippen MR) is 151 cm³/mol. The van der Waals surface area contributed by atoms with Crippen LogP contribution in [-0.2, 0) is 23.3 Å². The molecule has 2 bridgehead atoms. The minimum absolute atomic E-state index is 0.0672. The van der Waals surface area contributed by atoms with E-state index in [2.05, 4.69) is 53.1 Å². The maximum Gasteiger partial charge on any atom is 0.251 e. The van der Waals surface area contributed by atoms with E-state index < -0.39 is 23.2 Å². The maximum absolute atomic E-state index is 13.8. The molecule has 1 aliphatic carbocycles. The highest BCUT2D eigenvalue weighted by molar-refractivity contribution is 5.95. The summed E-state index contributed by atoms with van der Waals surface area (Å²) in [7, 11) is 0. The number of benzene rings is 3. The van der Waals surface area contributed by atoms with Gasteiger partial charge in [-0.2, -0.15) is 4.39 Å². The lowest BCUT2D eigenvalue weighted by molar-refractivity contribution is -0.129. The third kappa shape index (κ3) is 5.90. The normalized spacial score (nSPS) is 21.7. The van der Waals surface area contributed by atoms with Crippen LogP contribution in [-0.4, -0.2) is 42.6 Å². The summed E-state index contributed by atoms with van der Waals surface area (Å²) in [6.45, 7) is 2.16. The van der Waals surface area contributed by atoms with Gasteiger partial charge in [0.2, 0.25) is 5.82 Å². The zero-order valence-corrected chi connectivity index (χ0v) is 22.8. The highest BCUT2D eigenvalue weighted by atomic mass is 19.2. The summed E-state index contributed by atoms with van der Waals surface area (Å²) in [5.41, 5.74) is 3.90. The number of piperazine rings is 1. The van der Waals surface area contributed by atoms with Gasteiger partial charge >= 0.3 is 0 Å². The number of carbonyl (C=O) groups excluding carboxylic acids is 1. The van der Waals surface area contributed by atoms with Crippen LogP contribution in [0.3, 0.4) is 0 Å². The zero-order valence-electron chi connectivity index (χ0n) is 22.8. The summed E-state index contributed by atoms with van der Waals surface area (Å²) in [5, 5.41) is 7.35. The van der Waals surface area contributed by atoms with E-state index in [9.17, 15) is 18.0 Å². The highest BCUT2D eigenvalue weighted by Gasteiger charge is 2.44. The molecule has 3 aromatic carbocycles. The summed E-state index contributed by atoms with van der Waals surface area (Å²) in [6.07, 6.45) is 6.14. The number of carbonyl (C=O) groups is 1. The lowest BCUT2D eigenvalue weighted by Gasteiger charge is -2.47. The van der Waals surface area contributed by atoms with E-state index in [4.69, 9.17) is 4.74 Å². The Hall–Kier alpha value is -3.62. The van der Waals surface area contributed by atoms with Crippen LogP contribution in [0.2, 0.25) is 0 Å². The van der Waals surface area contributed by atoms with Gasteiger partial charge in [-0.05, 0) is 60.9 Å². The molecule has 0 aromatic heterocycles. The molecule has 214 valence electrons. The van der Waals surface area contributed by atoms with E-state index in [1.54, 1.807) is 0 Å². The number of rotatable bonds is 10. The molecule has 3 aromatic rings. The summed E-state index contributed by atoms with van der Waals surface area (Å²) in [5.74, 6) is -3.90. The molecule has 2 heterocycles. The van der Waals surface area contributed by atoms with Crippen LogP contribution in [0.1, 0.15) is 42.4 Å². The topological polar surface area (TPSA) is 53.6 Å². The number of aryl methyl sites for hydroxylation is 1. The number of ether oxygens (including phenoxy) is 1. The summed E-state index contributed by atoms with van der Waals surface area (Å²) in [4.78, 5) is 15.8. The first-order valence-electron chi connectivity index (χ1n) is 14.3. The third-order valence-corrected chi connectivity index (χ3v) is 8.33. The van der Waals surface area contributed by atoms with E-state index in [1.807, 2.05) is 23.1 Å². The minimum atomic E-state index is -1.30. The largest absolute Gasteiger partial charge is 0.488 e. The van der Waals surface area contributed by atoms with Crippen molar-refractivity contribution in [2.24, 2.45) is 0 Å². The van der Waals surface area contributed by atoms with Crippen molar-refractivity contribution >= 4 is 5.91 Å². The van der Waals surface area contributed by atoms with Gasteiger partial charge in [0.25, 0.3) is 5.91 Å². The molecule has 8 heteroatoms. The number of fused-ring (bicyclic) bond motifs is 2. The van der Waals surface area contributed by atoms with Crippen LogP contribution in [0.5, 0.6) is 5.75 Å². The number of nitrogens with zero attached hydrogens (tertiary/aromatic N) is 1. The fourth-order valence-electron chi connectivity index (χ4n) is 5.93. The van der Waals surface area contributed by atoms with Crippen molar-refractivity contribution in [2.75, 3.05) is 19.7 Å². The molecule has 2 atom stereocenters. The molecule has 1 saturated carbocycles. The van der Waals surface area contributed by atoms with Gasteiger partial charge in [0.05, 0.1) is 18.2 Å². The Bertz CT molecular complexity index is 1430. The quantitative estimate of drug-likeness (QED) is 0.257. The first-order chi connectivity index (χ1) is 19.9. The van der Waals surface area contributed by atoms with E-state index in [0.29, 0.717) is 38.4 Å². The molecule has 0 radical (unpaired) electrons. The third-order valence-electron chi connectivity index (χ3n) is 8.33. The molecule has 41 heavy (non-hydrogen) atoms. The van der Waals surface area contributed by atoms with Gasteiger partial charge in [-0.15, -0.1) is 0 Å². The van der Waals surface area contributed by atoms with Crippen molar-refractivity contribution in [1.29, 1.82) is 0 Å². The van der Waals surface area contributed by atoms with E-state index in [0.717, 1.165) is 53.8 Å². The number of hydrogen-bond donors (Lipinski definition) is 2. The van der Waals surface area contributed by atoms with Crippen LogP contribution in [0, 0.1) is 17.5 Å². The average Bonchev–Trinajstić information content (AvgIpc) is 3.84. The Morgan fingerprint density at radius 2 is 1.71 bits per heavy atom. The van der Waals surface area contributed by atoms with Gasteiger partial charge in [0.1, 0.15) is 0 Å². The number of amides is 1. The Labute approximate surface area is 238 Å². The fourth-order valence-corrected chi connectivity index (χ4v) is 5.93. The number of nitrogens with one attached hydrogen (secondary N) is 2. The second kappa shape index (κ2) is 11.7. The smallest absolute Gasteiger partial charge is 0.251 e. The average molecular weight is 562 g/mol. The molecule has 2 aliphatic heterocycles. The van der Waals surface area contributed by atoms with Gasteiger partial charge in [-0.25, -0.2) is 8.78 Å². The molecule has 2 fully saturated rings. The summed E-state index contributed by atoms with van der Waals surface area (Å²) in [6, 6.07) is 20.3. The first-order valence-corrected chi connectivity index (χ1v) is 14.3. The van der Waals surface area contributed by atoms with Gasteiger partial charge in [-0.3, -0.25) is 10.1 Å². The van der Waals surface area contributed by atoms with E-state index >= 15 is 0 Å². The molecular formula is C33H34F3N3O2. The molecule has 1 saturated heterocycles. The highest BCUT2D eigenvalue weighted by Crippen LogP contribution is 2.36. The maximum atomic E-state index is 13.8. The van der Waals surface area contributed by atoms with Gasteiger partial charge < -0.3 is 15.0 Å². The second-order valence-electron chi connectivity index (χ2n) is 11.2. The molecular weight excluding hydrogens is 527 g/mol. The summed E-state index contributed by atoms with van der Waals surface area (Å²) < 4.78 is 46.1. The lowest BCUT2D eigenvalue weighted by Crippen LogP contribution is -2.65. The van der Waals surface area contributed by atoms with Gasteiger partial charge in [0.15, 0.2) is 17.4 Å². The Morgan fingerprint density at radius 3 is 2.46 bits per heavy atom. The number of halogens is 3. The van der Waals surface area contributed by atoms with E-state index in [1.165, 1.54) is 0 Å². The molecule has 2 N–H and O–H groups in total. The van der Waals surface area contributed by atoms with Crippen molar-refractivity contribution in [1.82, 2.24) is 15.5 Å². The Balaban J connectivity index is 1.09. The second-order valence-corrected chi connectivity index (χ2v) is 11.2. The monoisotopic (exact) mass is 561 g/mol. The van der Waals surface area contributed by atoms with Crippen molar-refractivity contribution in [2.45, 2.75) is 56.3 Å². The number of hydrogen-bond acceptors (Lipinski definition) is 4. The van der Waals surface area contributed by atoms with E-state index in [-0.39, 0.29) is 24.1 Å². The van der Waals surface area contributed by atoms with Crippen molar-refractivity contribution in [3.05, 3.63) is 113 Å². The molecule has 3 aliphatic rings. The predicted octanol–water partition coefficient (Wildman–Crippen LogP) is 5.39. The van der Waals surface area contributed by atoms with Crippen molar-refractivity contribution in [3.8, 4) is 5.75 Å². The van der Waals surface area contributed by atoms with Crippen LogP contribution >= 0.6 is 0 Å². The van der Waals surface area contributed by atoms with Crippen LogP contribution in [0.25, 0.3) is 0 Å². The van der Waals surface area contributed by atoms with Crippen molar-refractivity contribution < 1.29 is 22.7 Å². The van der Waals surface area contributed by atoms with Crippen LogP contribution < -0.4 is 15.4 Å². The first kappa shape index (κ1) is 27.5. The molecule has 0 spiro atoms. The van der Waals surface area contributed by atoms with Crippen LogP contribution in [0.4, 0.5) is 13.2 Å². The molecule has 5 nitrogen and oxygen atoms in total. The standard InChI is InChI=1S/C33H34F3N3O2/c34-27-14-15-28(35)31(30(27)36)41-18-4-7-22-8-10-24(11-9-22)33-17-16-26(29(38-33)19-37-21-33)32(40)39(25-12-13-25)20-23-5-2-1-3-6-23/h1-3,5-6,8-11,14-16,25,29,37-38H,4,7,12-13,17-21H2. The minimum Gasteiger partial charge on any atom is -0.488 e. The molecule has 6 rings (SSSR count). The van der Waals surface area contributed by atoms with Crippen molar-refractivity contribution in [3.63, 3.8) is 0 Å². The summed E-state index contributed by atoms with van der Waals surface area (Å²) >= 11 is 0. The molecule has 2 unspecified atom stereocenters. The van der Waals surface area contributed by atoms with Gasteiger partial charge in [-0.1, -0.05) is 60.7 Å². The van der Waals surface area contributed by atoms with Crippen LogP contribution in [0.15, 0.2) is 78.4 Å². The lowest BCUT2D eigenvalue weighted by atomic mass is 9.78. The fraction of sp³-hybridized carbons (Fsp3) is 0.364. The Morgan fingerprint density at radius 1 is 0.951 bits per heavy atom.